The fourth-order valence-electron chi connectivity index (χ4n) is 1.25. The summed E-state index contributed by atoms with van der Waals surface area (Å²) in [6, 6.07) is 0. The summed E-state index contributed by atoms with van der Waals surface area (Å²) in [4.78, 5) is 34.0. The highest BCUT2D eigenvalue weighted by Gasteiger charge is 2.29. The highest BCUT2D eigenvalue weighted by atomic mass is 16.5. The highest BCUT2D eigenvalue weighted by Crippen LogP contribution is 2.12. The lowest BCUT2D eigenvalue weighted by molar-refractivity contribution is -0.155. The summed E-state index contributed by atoms with van der Waals surface area (Å²) in [5, 5.41) is 0. The number of unbranched alkanes of at least 4 members (excludes halogenated alkanes) is 1. The number of esters is 2. The van der Waals surface area contributed by atoms with Crippen molar-refractivity contribution in [2.75, 3.05) is 14.2 Å². The zero-order valence-corrected chi connectivity index (χ0v) is 9.95. The molecule has 16 heavy (non-hydrogen) atoms. The van der Waals surface area contributed by atoms with Gasteiger partial charge in [-0.25, -0.2) is 0 Å². The van der Waals surface area contributed by atoms with Gasteiger partial charge < -0.3 is 9.47 Å². The number of ketones is 1. The molecule has 0 aromatic carbocycles. The van der Waals surface area contributed by atoms with Crippen molar-refractivity contribution in [2.24, 2.45) is 5.92 Å². The van der Waals surface area contributed by atoms with Crippen LogP contribution in [0.2, 0.25) is 0 Å². The molecule has 0 rings (SSSR count). The van der Waals surface area contributed by atoms with E-state index in [0.717, 1.165) is 6.42 Å². The van der Waals surface area contributed by atoms with Gasteiger partial charge in [0.15, 0.2) is 0 Å². The van der Waals surface area contributed by atoms with E-state index in [9.17, 15) is 14.4 Å². The highest BCUT2D eigenvalue weighted by molar-refractivity contribution is 6.01. The van der Waals surface area contributed by atoms with Crippen molar-refractivity contribution in [2.45, 2.75) is 32.6 Å². The number of hydrogen-bond acceptors (Lipinski definition) is 5. The van der Waals surface area contributed by atoms with Gasteiger partial charge in [0.05, 0.1) is 20.6 Å². The molecule has 92 valence electrons. The van der Waals surface area contributed by atoms with E-state index in [4.69, 9.17) is 0 Å². The molecule has 0 saturated heterocycles. The summed E-state index contributed by atoms with van der Waals surface area (Å²) < 4.78 is 8.92. The standard InChI is InChI=1S/C11H18O5/c1-4-5-6-9(12)8(11(14)16-3)7-10(13)15-2/h8H,4-7H2,1-3H3. The van der Waals surface area contributed by atoms with Gasteiger partial charge in [0, 0.05) is 6.42 Å². The van der Waals surface area contributed by atoms with Crippen molar-refractivity contribution in [3.05, 3.63) is 0 Å². The molecule has 0 spiro atoms. The third kappa shape index (κ3) is 4.91. The molecule has 0 aliphatic rings. The summed E-state index contributed by atoms with van der Waals surface area (Å²) >= 11 is 0. The van der Waals surface area contributed by atoms with E-state index in [1.807, 2.05) is 6.92 Å². The summed E-state index contributed by atoms with van der Waals surface area (Å²) in [5.74, 6) is -2.55. The zero-order valence-electron chi connectivity index (χ0n) is 9.95. The minimum atomic E-state index is -1.02. The van der Waals surface area contributed by atoms with Gasteiger partial charge in [-0.3, -0.25) is 14.4 Å². The minimum absolute atomic E-state index is 0.244. The third-order valence-corrected chi connectivity index (χ3v) is 2.25. The molecule has 0 aromatic heterocycles. The molecule has 0 aromatic rings. The second-order valence-corrected chi connectivity index (χ2v) is 3.43. The Hall–Kier alpha value is -1.39. The van der Waals surface area contributed by atoms with E-state index in [1.54, 1.807) is 0 Å². The molecule has 5 nitrogen and oxygen atoms in total. The Morgan fingerprint density at radius 1 is 1.12 bits per heavy atom. The van der Waals surface area contributed by atoms with Gasteiger partial charge in [0.1, 0.15) is 11.7 Å². The van der Waals surface area contributed by atoms with Gasteiger partial charge in [0.2, 0.25) is 0 Å². The van der Waals surface area contributed by atoms with E-state index in [-0.39, 0.29) is 18.6 Å². The number of Topliss-reactive ketones (excluding diaryl/α,β-unsaturated/α-hetero) is 1. The Kier molecular flexibility index (Phi) is 7.16. The monoisotopic (exact) mass is 230 g/mol. The van der Waals surface area contributed by atoms with Gasteiger partial charge in [-0.15, -0.1) is 0 Å². The Morgan fingerprint density at radius 2 is 1.75 bits per heavy atom. The topological polar surface area (TPSA) is 69.7 Å². The van der Waals surface area contributed by atoms with Gasteiger partial charge in [-0.2, -0.15) is 0 Å². The van der Waals surface area contributed by atoms with Crippen molar-refractivity contribution >= 4 is 17.7 Å². The third-order valence-electron chi connectivity index (χ3n) is 2.25. The molecule has 0 aliphatic carbocycles. The van der Waals surface area contributed by atoms with Crippen LogP contribution in [0.3, 0.4) is 0 Å². The fourth-order valence-corrected chi connectivity index (χ4v) is 1.25. The lowest BCUT2D eigenvalue weighted by atomic mass is 9.96. The molecule has 0 fully saturated rings. The van der Waals surface area contributed by atoms with Crippen LogP contribution in [-0.4, -0.2) is 31.9 Å². The molecular weight excluding hydrogens is 212 g/mol. The van der Waals surface area contributed by atoms with Crippen LogP contribution in [0.25, 0.3) is 0 Å². The zero-order chi connectivity index (χ0) is 12.6. The van der Waals surface area contributed by atoms with Crippen LogP contribution in [0.1, 0.15) is 32.6 Å². The van der Waals surface area contributed by atoms with Crippen molar-refractivity contribution in [1.29, 1.82) is 0 Å². The lowest BCUT2D eigenvalue weighted by Gasteiger charge is -2.11. The maximum absolute atomic E-state index is 11.6. The Labute approximate surface area is 95.1 Å². The second kappa shape index (κ2) is 7.84. The van der Waals surface area contributed by atoms with Gasteiger partial charge >= 0.3 is 11.9 Å². The van der Waals surface area contributed by atoms with Crippen LogP contribution < -0.4 is 0 Å². The molecular formula is C11H18O5. The maximum Gasteiger partial charge on any atom is 0.316 e. The maximum atomic E-state index is 11.6. The number of carbonyl (C=O) groups excluding carboxylic acids is 3. The number of hydrogen-bond donors (Lipinski definition) is 0. The lowest BCUT2D eigenvalue weighted by Crippen LogP contribution is -2.28. The van der Waals surface area contributed by atoms with Crippen molar-refractivity contribution < 1.29 is 23.9 Å². The van der Waals surface area contributed by atoms with Crippen LogP contribution in [0.4, 0.5) is 0 Å². The van der Waals surface area contributed by atoms with E-state index in [1.165, 1.54) is 14.2 Å². The van der Waals surface area contributed by atoms with Crippen molar-refractivity contribution in [3.8, 4) is 0 Å². The predicted molar refractivity (Wildman–Crippen MR) is 56.7 cm³/mol. The van der Waals surface area contributed by atoms with Gasteiger partial charge in [-0.1, -0.05) is 13.3 Å². The summed E-state index contributed by atoms with van der Waals surface area (Å²) in [5.41, 5.74) is 0. The normalized spacial score (nSPS) is 11.7. The van der Waals surface area contributed by atoms with E-state index in [0.29, 0.717) is 6.42 Å². The molecule has 5 heteroatoms. The molecule has 1 unspecified atom stereocenters. The molecule has 0 N–H and O–H groups in total. The number of carbonyl (C=O) groups is 3. The number of methoxy groups -OCH3 is 2. The average Bonchev–Trinajstić information content (AvgIpc) is 2.31. The molecule has 0 radical (unpaired) electrons. The van der Waals surface area contributed by atoms with Crippen molar-refractivity contribution in [1.82, 2.24) is 0 Å². The number of ether oxygens (including phenoxy) is 2. The first-order valence-corrected chi connectivity index (χ1v) is 5.24. The first kappa shape index (κ1) is 14.6. The smallest absolute Gasteiger partial charge is 0.316 e. The molecule has 0 aliphatic heterocycles. The van der Waals surface area contributed by atoms with Gasteiger partial charge in [0.25, 0.3) is 0 Å². The van der Waals surface area contributed by atoms with Crippen LogP contribution in [0.15, 0.2) is 0 Å². The first-order valence-electron chi connectivity index (χ1n) is 5.24. The largest absolute Gasteiger partial charge is 0.469 e. The molecule has 1 atom stereocenters. The van der Waals surface area contributed by atoms with E-state index >= 15 is 0 Å². The molecule has 0 amide bonds. The number of rotatable bonds is 7. The Morgan fingerprint density at radius 3 is 2.19 bits per heavy atom. The van der Waals surface area contributed by atoms with Crippen LogP contribution in [-0.2, 0) is 23.9 Å². The summed E-state index contributed by atoms with van der Waals surface area (Å²) in [7, 11) is 2.41. The fraction of sp³-hybridized carbons (Fsp3) is 0.727. The molecule has 0 saturated carbocycles. The average molecular weight is 230 g/mol. The Balaban J connectivity index is 4.47. The van der Waals surface area contributed by atoms with Crippen LogP contribution in [0.5, 0.6) is 0 Å². The quantitative estimate of drug-likeness (QED) is 0.484. The van der Waals surface area contributed by atoms with Crippen LogP contribution >= 0.6 is 0 Å². The SMILES string of the molecule is CCCCC(=O)C(CC(=O)OC)C(=O)OC. The van der Waals surface area contributed by atoms with Crippen LogP contribution in [0, 0.1) is 5.92 Å². The first-order chi connectivity index (χ1) is 7.56. The molecule has 0 heterocycles. The Bertz CT molecular complexity index is 259. The predicted octanol–water partition coefficient (Wildman–Crippen LogP) is 1.10. The van der Waals surface area contributed by atoms with Crippen molar-refractivity contribution in [3.63, 3.8) is 0 Å². The minimum Gasteiger partial charge on any atom is -0.469 e. The summed E-state index contributed by atoms with van der Waals surface area (Å²) in [6.45, 7) is 1.95. The summed E-state index contributed by atoms with van der Waals surface area (Å²) in [6.07, 6.45) is 1.60. The van der Waals surface area contributed by atoms with E-state index < -0.39 is 17.9 Å². The molecule has 0 bridgehead atoms. The van der Waals surface area contributed by atoms with Gasteiger partial charge in [-0.05, 0) is 6.42 Å². The second-order valence-electron chi connectivity index (χ2n) is 3.43. The van der Waals surface area contributed by atoms with E-state index in [2.05, 4.69) is 9.47 Å².